The van der Waals surface area contributed by atoms with E-state index in [9.17, 15) is 24.0 Å². The second-order valence-electron chi connectivity index (χ2n) is 14.5. The molecule has 0 spiro atoms. The molecule has 0 aromatic heterocycles. The molecule has 4 atom stereocenters. The normalized spacial score (nSPS) is 23.1. The Morgan fingerprint density at radius 2 is 1.61 bits per heavy atom. The Morgan fingerprint density at radius 3 is 2.18 bits per heavy atom. The van der Waals surface area contributed by atoms with Gasteiger partial charge in [-0.3, -0.25) is 19.2 Å². The van der Waals surface area contributed by atoms with E-state index in [1.165, 1.54) is 4.90 Å². The molecule has 10 heteroatoms. The largest absolute Gasteiger partial charge is 0.363 e. The van der Waals surface area contributed by atoms with Gasteiger partial charge in [0.05, 0.1) is 6.04 Å². The lowest BCUT2D eigenvalue weighted by Crippen LogP contribution is -2.63. The van der Waals surface area contributed by atoms with E-state index in [0.717, 1.165) is 56.9 Å². The quantitative estimate of drug-likeness (QED) is 0.283. The number of primary amides is 1. The van der Waals surface area contributed by atoms with Crippen LogP contribution in [0.2, 0.25) is 0 Å². The summed E-state index contributed by atoms with van der Waals surface area (Å²) in [5.74, 6) is -2.61. The average molecular weight is 610 g/mol. The monoisotopic (exact) mass is 609 g/mol. The topological polar surface area (TPSA) is 151 Å². The average Bonchev–Trinajstić information content (AvgIpc) is 3.33. The van der Waals surface area contributed by atoms with E-state index >= 15 is 0 Å². The van der Waals surface area contributed by atoms with Gasteiger partial charge in [-0.05, 0) is 54.9 Å². The van der Waals surface area contributed by atoms with Crippen molar-refractivity contribution < 1.29 is 24.0 Å². The van der Waals surface area contributed by atoms with Gasteiger partial charge >= 0.3 is 6.03 Å². The van der Waals surface area contributed by atoms with E-state index in [1.54, 1.807) is 0 Å². The van der Waals surface area contributed by atoms with Crippen LogP contribution in [-0.2, 0) is 25.6 Å². The molecule has 242 valence electrons. The van der Waals surface area contributed by atoms with Crippen LogP contribution in [0.25, 0.3) is 0 Å². The fraction of sp³-hybridized carbons (Fsp3) is 0.676. The number of hydrogen-bond donors (Lipinski definition) is 4. The maximum absolute atomic E-state index is 14.2. The lowest BCUT2D eigenvalue weighted by Gasteiger charge is -2.40. The number of carbonyl (C=O) groups excluding carboxylic acids is 5. The zero-order chi connectivity index (χ0) is 32.1. The van der Waals surface area contributed by atoms with Crippen LogP contribution in [0, 0.1) is 17.3 Å². The first kappa shape index (κ1) is 33.5. The van der Waals surface area contributed by atoms with Crippen LogP contribution in [0.3, 0.4) is 0 Å². The number of rotatable bonds is 11. The Morgan fingerprint density at radius 1 is 0.955 bits per heavy atom. The van der Waals surface area contributed by atoms with Crippen LogP contribution in [-0.4, -0.2) is 64.6 Å². The minimum Gasteiger partial charge on any atom is -0.363 e. The highest BCUT2D eigenvalue weighted by Gasteiger charge is 2.46. The number of nitrogens with zero attached hydrogens (tertiary/aromatic N) is 1. The van der Waals surface area contributed by atoms with Crippen LogP contribution < -0.4 is 21.7 Å². The molecule has 1 aromatic rings. The molecule has 4 unspecified atom stereocenters. The second kappa shape index (κ2) is 14.1. The van der Waals surface area contributed by atoms with E-state index in [-0.39, 0.29) is 17.7 Å². The molecule has 1 aromatic carbocycles. The molecular weight excluding hydrogens is 558 g/mol. The summed E-state index contributed by atoms with van der Waals surface area (Å²) in [6.07, 6.45) is 9.52. The summed E-state index contributed by atoms with van der Waals surface area (Å²) in [6.45, 7) is 7.93. The first-order valence-electron chi connectivity index (χ1n) is 16.4. The van der Waals surface area contributed by atoms with Gasteiger partial charge in [0.1, 0.15) is 12.1 Å². The number of amides is 5. The van der Waals surface area contributed by atoms with Crippen molar-refractivity contribution in [3.8, 4) is 0 Å². The third kappa shape index (κ3) is 8.18. The third-order valence-corrected chi connectivity index (χ3v) is 9.88. The van der Waals surface area contributed by atoms with E-state index < -0.39 is 52.7 Å². The lowest BCUT2D eigenvalue weighted by molar-refractivity contribution is -0.144. The first-order valence-corrected chi connectivity index (χ1v) is 16.4. The SMILES string of the molecule is CC1CCN(C(=O)C(NC(=O)NC2(Cc3ccccc3)CCCCC2)C(C)(C)C)C1C(=O)NC(CC1CCC1)C(=O)C(N)=O. The van der Waals surface area contributed by atoms with Crippen molar-refractivity contribution in [3.05, 3.63) is 35.9 Å². The summed E-state index contributed by atoms with van der Waals surface area (Å²) in [5.41, 5.74) is 5.42. The number of benzene rings is 1. The molecule has 10 nitrogen and oxygen atoms in total. The Hall–Kier alpha value is -3.43. The lowest BCUT2D eigenvalue weighted by atomic mass is 9.77. The van der Waals surface area contributed by atoms with Gasteiger partial charge in [0.15, 0.2) is 0 Å². The highest BCUT2D eigenvalue weighted by atomic mass is 16.2. The zero-order valence-corrected chi connectivity index (χ0v) is 26.8. The number of Topliss-reactive ketones (excluding diaryl/α,β-unsaturated/α-hetero) is 1. The van der Waals surface area contributed by atoms with Crippen LogP contribution in [0.15, 0.2) is 30.3 Å². The molecule has 4 rings (SSSR count). The standard InChI is InChI=1S/C34H51N5O5/c1-22-16-19-39(26(22)30(42)36-25(27(40)29(35)41)20-23-14-11-15-23)31(43)28(33(2,3)4)37-32(44)38-34(17-9-6-10-18-34)21-24-12-7-5-8-13-24/h5,7-8,12-13,22-23,25-26,28H,6,9-11,14-21H2,1-4H3,(H2,35,41)(H,36,42)(H2,37,38,44). The summed E-state index contributed by atoms with van der Waals surface area (Å²) >= 11 is 0. The molecule has 1 aliphatic heterocycles. The van der Waals surface area contributed by atoms with Crippen LogP contribution in [0.1, 0.15) is 97.5 Å². The second-order valence-corrected chi connectivity index (χ2v) is 14.5. The summed E-state index contributed by atoms with van der Waals surface area (Å²) in [4.78, 5) is 67.4. The van der Waals surface area contributed by atoms with Crippen molar-refractivity contribution in [1.82, 2.24) is 20.9 Å². The predicted octanol–water partition coefficient (Wildman–Crippen LogP) is 3.61. The summed E-state index contributed by atoms with van der Waals surface area (Å²) in [5, 5.41) is 9.03. The Kier molecular flexibility index (Phi) is 10.7. The molecule has 5 N–H and O–H groups in total. The predicted molar refractivity (Wildman–Crippen MR) is 168 cm³/mol. The van der Waals surface area contributed by atoms with E-state index in [2.05, 4.69) is 28.1 Å². The van der Waals surface area contributed by atoms with Crippen LogP contribution in [0.4, 0.5) is 4.79 Å². The van der Waals surface area contributed by atoms with Crippen molar-refractivity contribution in [3.63, 3.8) is 0 Å². The van der Waals surface area contributed by atoms with Gasteiger partial charge in [-0.25, -0.2) is 4.79 Å². The number of ketones is 1. The summed E-state index contributed by atoms with van der Waals surface area (Å²) in [7, 11) is 0. The van der Waals surface area contributed by atoms with E-state index in [4.69, 9.17) is 5.73 Å². The molecule has 3 aliphatic rings. The van der Waals surface area contributed by atoms with Gasteiger partial charge in [-0.1, -0.05) is 96.6 Å². The minimum absolute atomic E-state index is 0.169. The molecule has 0 radical (unpaired) electrons. The molecule has 1 heterocycles. The molecule has 44 heavy (non-hydrogen) atoms. The summed E-state index contributed by atoms with van der Waals surface area (Å²) in [6, 6.07) is 7.02. The number of nitrogens with one attached hydrogen (secondary N) is 3. The first-order chi connectivity index (χ1) is 20.8. The van der Waals surface area contributed by atoms with Gasteiger partial charge < -0.3 is 26.6 Å². The molecule has 2 saturated carbocycles. The molecule has 3 fully saturated rings. The van der Waals surface area contributed by atoms with E-state index in [0.29, 0.717) is 25.8 Å². The highest BCUT2D eigenvalue weighted by molar-refractivity contribution is 6.37. The molecule has 5 amide bonds. The number of likely N-dealkylation sites (tertiary alicyclic amines) is 1. The Labute approximate surface area is 261 Å². The maximum Gasteiger partial charge on any atom is 0.315 e. The number of urea groups is 1. The van der Waals surface area contributed by atoms with Gasteiger partial charge in [0.2, 0.25) is 17.6 Å². The van der Waals surface area contributed by atoms with Crippen molar-refractivity contribution in [2.24, 2.45) is 23.0 Å². The van der Waals surface area contributed by atoms with Crippen LogP contribution in [0.5, 0.6) is 0 Å². The minimum atomic E-state index is -1.08. The molecule has 1 saturated heterocycles. The molecule has 0 bridgehead atoms. The van der Waals surface area contributed by atoms with Gasteiger partial charge in [0, 0.05) is 12.1 Å². The van der Waals surface area contributed by atoms with Crippen molar-refractivity contribution >= 4 is 29.5 Å². The Balaban J connectivity index is 1.49. The smallest absolute Gasteiger partial charge is 0.315 e. The third-order valence-electron chi connectivity index (χ3n) is 9.88. The summed E-state index contributed by atoms with van der Waals surface area (Å²) < 4.78 is 0. The fourth-order valence-corrected chi connectivity index (χ4v) is 7.10. The van der Waals surface area contributed by atoms with Gasteiger partial charge in [0.25, 0.3) is 5.91 Å². The fourth-order valence-electron chi connectivity index (χ4n) is 7.10. The molecular formula is C34H51N5O5. The Bertz CT molecular complexity index is 1200. The van der Waals surface area contributed by atoms with Gasteiger partial charge in [-0.2, -0.15) is 0 Å². The van der Waals surface area contributed by atoms with Crippen molar-refractivity contribution in [2.75, 3.05) is 6.54 Å². The van der Waals surface area contributed by atoms with E-state index in [1.807, 2.05) is 45.9 Å². The van der Waals surface area contributed by atoms with Crippen molar-refractivity contribution in [1.29, 1.82) is 0 Å². The molecule has 2 aliphatic carbocycles. The van der Waals surface area contributed by atoms with Crippen molar-refractivity contribution in [2.45, 2.75) is 122 Å². The number of nitrogens with two attached hydrogens (primary N) is 1. The maximum atomic E-state index is 14.2. The highest BCUT2D eigenvalue weighted by Crippen LogP contribution is 2.33. The number of hydrogen-bond acceptors (Lipinski definition) is 5. The van der Waals surface area contributed by atoms with Crippen LogP contribution >= 0.6 is 0 Å². The van der Waals surface area contributed by atoms with Gasteiger partial charge in [-0.15, -0.1) is 0 Å². The number of carbonyl (C=O) groups is 5. The zero-order valence-electron chi connectivity index (χ0n) is 26.8.